The van der Waals surface area contributed by atoms with Gasteiger partial charge in [-0.2, -0.15) is 0 Å². The van der Waals surface area contributed by atoms with Crippen LogP contribution in [0.1, 0.15) is 13.8 Å². The van der Waals surface area contributed by atoms with Crippen LogP contribution in [0.5, 0.6) is 5.75 Å². The van der Waals surface area contributed by atoms with Crippen LogP contribution in [0.15, 0.2) is 194 Å². The van der Waals surface area contributed by atoms with Gasteiger partial charge in [-0.1, -0.05) is 109 Å². The molecule has 246 valence electrons. The van der Waals surface area contributed by atoms with Gasteiger partial charge in [-0.25, -0.2) is 4.98 Å². The fourth-order valence-corrected chi connectivity index (χ4v) is 6.61. The predicted octanol–water partition coefficient (Wildman–Crippen LogP) is 12.8. The molecule has 0 aliphatic carbocycles. The van der Waals surface area contributed by atoms with Gasteiger partial charge < -0.3 is 9.64 Å². The van der Waals surface area contributed by atoms with Gasteiger partial charge in [0, 0.05) is 34.4 Å². The van der Waals surface area contributed by atoms with E-state index < -0.39 is 0 Å². The highest BCUT2D eigenvalue weighted by Gasteiger charge is 2.16. The van der Waals surface area contributed by atoms with E-state index in [0.29, 0.717) is 0 Å². The molecule has 0 saturated carbocycles. The van der Waals surface area contributed by atoms with Crippen LogP contribution >= 0.6 is 0 Å². The number of allylic oxidation sites excluding steroid dienone is 3. The lowest BCUT2D eigenvalue weighted by Crippen LogP contribution is -2.09. The van der Waals surface area contributed by atoms with Crippen molar-refractivity contribution in [3.63, 3.8) is 0 Å². The van der Waals surface area contributed by atoms with Crippen LogP contribution < -0.4 is 9.64 Å². The first-order valence-electron chi connectivity index (χ1n) is 17.2. The number of hydrogen-bond donors (Lipinski definition) is 0. The van der Waals surface area contributed by atoms with Crippen molar-refractivity contribution in [2.45, 2.75) is 13.8 Å². The van der Waals surface area contributed by atoms with Crippen molar-refractivity contribution in [2.75, 3.05) is 4.90 Å². The molecular weight excluding hydrogens is 623 g/mol. The second-order valence-electron chi connectivity index (χ2n) is 12.5. The number of ether oxygens (including phenoxy) is 1. The van der Waals surface area contributed by atoms with Crippen LogP contribution in [0.25, 0.3) is 50.0 Å². The number of benzene rings is 7. The number of anilines is 3. The molecule has 0 unspecified atom stereocenters. The Morgan fingerprint density at radius 2 is 1.16 bits per heavy atom. The van der Waals surface area contributed by atoms with Crippen molar-refractivity contribution in [1.82, 2.24) is 9.55 Å². The molecule has 0 aliphatic rings. The molecule has 0 radical (unpaired) electrons. The average Bonchev–Trinajstić information content (AvgIpc) is 3.59. The summed E-state index contributed by atoms with van der Waals surface area (Å²) in [5, 5.41) is 2.40. The average molecular weight is 660 g/mol. The number of hydrogen-bond acceptors (Lipinski definition) is 3. The van der Waals surface area contributed by atoms with Gasteiger partial charge in [0.25, 0.3) is 0 Å². The van der Waals surface area contributed by atoms with E-state index in [9.17, 15) is 0 Å². The maximum absolute atomic E-state index is 6.47. The van der Waals surface area contributed by atoms with Gasteiger partial charge in [0.2, 0.25) is 0 Å². The number of imidazole rings is 1. The van der Waals surface area contributed by atoms with E-state index in [1.165, 1.54) is 21.9 Å². The highest BCUT2D eigenvalue weighted by atomic mass is 16.5. The Morgan fingerprint density at radius 1 is 0.569 bits per heavy atom. The maximum atomic E-state index is 6.47. The summed E-state index contributed by atoms with van der Waals surface area (Å²) in [5.41, 5.74) is 9.72. The van der Waals surface area contributed by atoms with Gasteiger partial charge in [0.1, 0.15) is 17.3 Å². The molecule has 0 atom stereocenters. The molecule has 0 saturated heterocycles. The monoisotopic (exact) mass is 659 g/mol. The summed E-state index contributed by atoms with van der Waals surface area (Å²) in [6.07, 6.45) is 4.07. The minimum Gasteiger partial charge on any atom is -0.458 e. The van der Waals surface area contributed by atoms with Crippen LogP contribution in [-0.4, -0.2) is 9.55 Å². The van der Waals surface area contributed by atoms with Crippen LogP contribution in [0.3, 0.4) is 0 Å². The third kappa shape index (κ3) is 6.55. The first-order chi connectivity index (χ1) is 25.1. The summed E-state index contributed by atoms with van der Waals surface area (Å²) in [6.45, 7) is 4.09. The van der Waals surface area contributed by atoms with Crippen LogP contribution in [0, 0.1) is 0 Å². The number of fused-ring (bicyclic) bond motifs is 2. The Bertz CT molecular complexity index is 2500. The largest absolute Gasteiger partial charge is 0.458 e. The zero-order valence-corrected chi connectivity index (χ0v) is 28.6. The molecule has 51 heavy (non-hydrogen) atoms. The number of nitrogens with zero attached hydrogens (tertiary/aromatic N) is 3. The number of para-hydroxylation sites is 3. The van der Waals surface area contributed by atoms with Gasteiger partial charge in [-0.3, -0.25) is 4.57 Å². The molecular formula is C47H37N3O. The van der Waals surface area contributed by atoms with Gasteiger partial charge in [0.05, 0.1) is 11.0 Å². The molecule has 0 aliphatic heterocycles. The van der Waals surface area contributed by atoms with Crippen molar-refractivity contribution >= 4 is 44.6 Å². The predicted molar refractivity (Wildman–Crippen MR) is 214 cm³/mol. The Kier molecular flexibility index (Phi) is 8.72. The van der Waals surface area contributed by atoms with E-state index >= 15 is 0 Å². The van der Waals surface area contributed by atoms with E-state index in [-0.39, 0.29) is 0 Å². The van der Waals surface area contributed by atoms with Gasteiger partial charge in [-0.05, 0) is 109 Å². The Balaban J connectivity index is 1.09. The normalized spacial score (nSPS) is 12.0. The molecule has 1 heterocycles. The molecule has 0 fully saturated rings. The van der Waals surface area contributed by atoms with Crippen molar-refractivity contribution < 1.29 is 4.74 Å². The topological polar surface area (TPSA) is 30.3 Å². The Labute approximate surface area is 298 Å². The molecule has 8 rings (SSSR count). The molecule has 0 amide bonds. The second-order valence-corrected chi connectivity index (χ2v) is 12.5. The molecule has 7 aromatic carbocycles. The first kappa shape index (κ1) is 31.6. The molecule has 4 nitrogen and oxygen atoms in total. The third-order valence-corrected chi connectivity index (χ3v) is 9.12. The van der Waals surface area contributed by atoms with Gasteiger partial charge in [-0.15, -0.1) is 0 Å². The summed E-state index contributed by atoms with van der Waals surface area (Å²) in [4.78, 5) is 7.27. The summed E-state index contributed by atoms with van der Waals surface area (Å²) >= 11 is 0. The third-order valence-electron chi connectivity index (χ3n) is 9.12. The maximum Gasteiger partial charge on any atom is 0.145 e. The second kappa shape index (κ2) is 14.1. The minimum absolute atomic E-state index is 0.751. The SMILES string of the molecule is C/C=C(\C=C(/C)n1c(-c2ccccc2)nc2ccccc21)Oc1ccc(N(c2ccccc2)c2ccc3cc(-c4ccccc4)ccc3c2)cc1. The van der Waals surface area contributed by atoms with Crippen molar-refractivity contribution in [2.24, 2.45) is 0 Å². The van der Waals surface area contributed by atoms with E-state index in [2.05, 4.69) is 156 Å². The lowest BCUT2D eigenvalue weighted by molar-refractivity contribution is 0.443. The van der Waals surface area contributed by atoms with Crippen LogP contribution in [-0.2, 0) is 0 Å². The molecule has 0 spiro atoms. The van der Waals surface area contributed by atoms with Crippen molar-refractivity contribution in [3.05, 3.63) is 194 Å². The molecule has 1 aromatic heterocycles. The Hall–Kier alpha value is -6.65. The van der Waals surface area contributed by atoms with Crippen LogP contribution in [0.4, 0.5) is 17.1 Å². The lowest BCUT2D eigenvalue weighted by atomic mass is 10.0. The number of aromatic nitrogens is 2. The van der Waals surface area contributed by atoms with E-state index in [4.69, 9.17) is 9.72 Å². The van der Waals surface area contributed by atoms with E-state index in [0.717, 1.165) is 56.7 Å². The lowest BCUT2D eigenvalue weighted by Gasteiger charge is -2.26. The van der Waals surface area contributed by atoms with E-state index in [1.54, 1.807) is 0 Å². The minimum atomic E-state index is 0.751. The summed E-state index contributed by atoms with van der Waals surface area (Å²) in [7, 11) is 0. The summed E-state index contributed by atoms with van der Waals surface area (Å²) < 4.78 is 8.67. The summed E-state index contributed by atoms with van der Waals surface area (Å²) in [6, 6.07) is 61.2. The van der Waals surface area contributed by atoms with Crippen molar-refractivity contribution in [3.8, 4) is 28.3 Å². The molecule has 8 aromatic rings. The number of rotatable bonds is 9. The zero-order chi connectivity index (χ0) is 34.6. The Morgan fingerprint density at radius 3 is 1.88 bits per heavy atom. The molecule has 0 bridgehead atoms. The first-order valence-corrected chi connectivity index (χ1v) is 17.2. The zero-order valence-electron chi connectivity index (χ0n) is 28.6. The van der Waals surface area contributed by atoms with E-state index in [1.807, 2.05) is 55.5 Å². The summed E-state index contributed by atoms with van der Waals surface area (Å²) in [5.74, 6) is 2.41. The quantitative estimate of drug-likeness (QED) is 0.114. The van der Waals surface area contributed by atoms with Gasteiger partial charge >= 0.3 is 0 Å². The van der Waals surface area contributed by atoms with Crippen molar-refractivity contribution in [1.29, 1.82) is 0 Å². The van der Waals surface area contributed by atoms with Gasteiger partial charge in [0.15, 0.2) is 0 Å². The van der Waals surface area contributed by atoms with Crippen LogP contribution in [0.2, 0.25) is 0 Å². The highest BCUT2D eigenvalue weighted by Crippen LogP contribution is 2.38. The fraction of sp³-hybridized carbons (Fsp3) is 0.0426. The standard InChI is InChI=1S/C47H37N3O/c1-3-43(31-34(2)49-46-22-14-13-21-45(46)48-47(49)36-17-9-5-10-18-36)51-44-29-27-41(28-30-44)50(40-19-11-6-12-20-40)42-26-25-38-32-37(23-24-39(38)33-42)35-15-7-4-8-16-35/h3-33H,1-2H3/b34-31+,43-3+. The highest BCUT2D eigenvalue weighted by molar-refractivity contribution is 5.92. The molecule has 4 heteroatoms. The fourth-order valence-electron chi connectivity index (χ4n) is 6.61. The smallest absolute Gasteiger partial charge is 0.145 e. The molecule has 0 N–H and O–H groups in total.